The van der Waals surface area contributed by atoms with Crippen LogP contribution in [0.2, 0.25) is 0 Å². The Hall–Kier alpha value is -1.65. The second kappa shape index (κ2) is 5.55. The van der Waals surface area contributed by atoms with E-state index in [0.717, 1.165) is 0 Å². The van der Waals surface area contributed by atoms with Crippen LogP contribution >= 0.6 is 0 Å². The number of carbonyl (C=O) groups excluding carboxylic acids is 2. The van der Waals surface area contributed by atoms with E-state index < -0.39 is 11.6 Å². The normalized spacial score (nSPS) is 20.7. The number of hydrogen-bond acceptors (Lipinski definition) is 5. The van der Waals surface area contributed by atoms with Gasteiger partial charge in [-0.2, -0.15) is 0 Å². The van der Waals surface area contributed by atoms with Gasteiger partial charge in [0.05, 0.1) is 11.3 Å². The number of aliphatic hydroxyl groups excluding tert-OH is 1. The van der Waals surface area contributed by atoms with Gasteiger partial charge in [-0.05, 0) is 47.5 Å². The lowest BCUT2D eigenvalue weighted by molar-refractivity contribution is -0.156. The second-order valence-corrected chi connectivity index (χ2v) is 5.68. The van der Waals surface area contributed by atoms with Crippen LogP contribution < -0.4 is 0 Å². The number of rotatable bonds is 3. The van der Waals surface area contributed by atoms with Crippen molar-refractivity contribution in [1.29, 1.82) is 0 Å². The lowest BCUT2D eigenvalue weighted by atomic mass is 10.0. The molecule has 0 aromatic heterocycles. The molecule has 0 aliphatic carbocycles. The first-order valence-electron chi connectivity index (χ1n) is 6.32. The van der Waals surface area contributed by atoms with E-state index in [4.69, 9.17) is 4.74 Å². The molecular weight excluding hydrogens is 246 g/mol. The molecule has 1 heterocycles. The molecule has 0 saturated carbocycles. The number of aliphatic imine (C=N–C) groups is 1. The van der Waals surface area contributed by atoms with Gasteiger partial charge >= 0.3 is 5.97 Å². The Kier molecular flexibility index (Phi) is 4.50. The highest BCUT2D eigenvalue weighted by atomic mass is 16.6. The molecule has 1 N–H and O–H groups in total. The second-order valence-electron chi connectivity index (χ2n) is 5.68. The molecule has 0 unspecified atom stereocenters. The van der Waals surface area contributed by atoms with Crippen molar-refractivity contribution in [3.05, 3.63) is 11.3 Å². The zero-order valence-electron chi connectivity index (χ0n) is 12.1. The maximum Gasteiger partial charge on any atom is 0.331 e. The fraction of sp³-hybridized carbons (Fsp3) is 0.643. The highest BCUT2D eigenvalue weighted by molar-refractivity contribution is 6.22. The van der Waals surface area contributed by atoms with Crippen molar-refractivity contribution in [1.82, 2.24) is 0 Å². The van der Waals surface area contributed by atoms with Crippen molar-refractivity contribution in [2.45, 2.75) is 59.1 Å². The fourth-order valence-corrected chi connectivity index (χ4v) is 1.99. The number of ether oxygens (including phenoxy) is 1. The van der Waals surface area contributed by atoms with Crippen LogP contribution in [0.15, 0.2) is 16.3 Å². The van der Waals surface area contributed by atoms with Gasteiger partial charge in [-0.3, -0.25) is 9.79 Å². The molecule has 1 rings (SSSR count). The van der Waals surface area contributed by atoms with Gasteiger partial charge in [-0.1, -0.05) is 0 Å². The minimum Gasteiger partial charge on any atom is -0.512 e. The summed E-state index contributed by atoms with van der Waals surface area (Å²) in [5.41, 5.74) is 0.149. The van der Waals surface area contributed by atoms with Crippen molar-refractivity contribution in [3.63, 3.8) is 0 Å². The van der Waals surface area contributed by atoms with Crippen LogP contribution in [0.1, 0.15) is 47.5 Å². The first-order valence-corrected chi connectivity index (χ1v) is 6.32. The van der Waals surface area contributed by atoms with Gasteiger partial charge in [0.1, 0.15) is 17.4 Å². The Labute approximate surface area is 113 Å². The molecule has 0 aromatic rings. The lowest BCUT2D eigenvalue weighted by Gasteiger charge is -2.20. The van der Waals surface area contributed by atoms with Crippen LogP contribution in [0.25, 0.3) is 0 Å². The number of nitrogens with zero attached hydrogens (tertiary/aromatic N) is 1. The lowest BCUT2D eigenvalue weighted by Crippen LogP contribution is -2.29. The molecule has 0 bridgehead atoms. The van der Waals surface area contributed by atoms with E-state index >= 15 is 0 Å². The summed E-state index contributed by atoms with van der Waals surface area (Å²) < 4.78 is 5.26. The third-order valence-electron chi connectivity index (χ3n) is 2.65. The molecule has 106 valence electrons. The van der Waals surface area contributed by atoms with Crippen LogP contribution in [0.4, 0.5) is 0 Å². The van der Waals surface area contributed by atoms with Gasteiger partial charge in [0.2, 0.25) is 0 Å². The first kappa shape index (κ1) is 15.4. The van der Waals surface area contributed by atoms with E-state index in [-0.39, 0.29) is 23.1 Å². The van der Waals surface area contributed by atoms with Crippen molar-refractivity contribution < 1.29 is 19.4 Å². The van der Waals surface area contributed by atoms with E-state index in [0.29, 0.717) is 18.6 Å². The standard InChI is InChI=1S/C14H21NO4/c1-8(16)12(9(2)17)10-6-7-11(15-10)13(18)19-14(3,4)5/h11,16H,6-7H2,1-5H3/b12-8+/t11-/m0/s1. The van der Waals surface area contributed by atoms with Gasteiger partial charge in [0.25, 0.3) is 0 Å². The average molecular weight is 267 g/mol. The van der Waals surface area contributed by atoms with Gasteiger partial charge in [0.15, 0.2) is 5.78 Å². The molecule has 0 spiro atoms. The Morgan fingerprint density at radius 1 is 1.32 bits per heavy atom. The summed E-state index contributed by atoms with van der Waals surface area (Å²) in [6, 6.07) is -0.581. The van der Waals surface area contributed by atoms with E-state index in [2.05, 4.69) is 4.99 Å². The molecule has 19 heavy (non-hydrogen) atoms. The summed E-state index contributed by atoms with van der Waals surface area (Å²) >= 11 is 0. The molecule has 0 aromatic carbocycles. The fourth-order valence-electron chi connectivity index (χ4n) is 1.99. The largest absolute Gasteiger partial charge is 0.512 e. The Morgan fingerprint density at radius 3 is 2.32 bits per heavy atom. The van der Waals surface area contributed by atoms with Gasteiger partial charge in [-0.25, -0.2) is 4.79 Å². The zero-order valence-corrected chi connectivity index (χ0v) is 12.1. The average Bonchev–Trinajstić information content (AvgIpc) is 2.62. The molecule has 1 aliphatic rings. The Bertz CT molecular complexity index is 451. The summed E-state index contributed by atoms with van der Waals surface area (Å²) in [6.07, 6.45) is 1.00. The summed E-state index contributed by atoms with van der Waals surface area (Å²) in [5, 5.41) is 9.52. The maximum atomic E-state index is 11.9. The molecule has 1 atom stereocenters. The maximum absolute atomic E-state index is 11.9. The predicted octanol–water partition coefficient (Wildman–Crippen LogP) is 2.35. The van der Waals surface area contributed by atoms with Crippen molar-refractivity contribution >= 4 is 17.5 Å². The van der Waals surface area contributed by atoms with Gasteiger partial charge in [-0.15, -0.1) is 0 Å². The molecule has 1 aliphatic heterocycles. The number of allylic oxidation sites excluding steroid dienone is 2. The number of Topliss-reactive ketones (excluding diaryl/α,β-unsaturated/α-hetero) is 1. The number of aliphatic hydroxyl groups is 1. The first-order chi connectivity index (χ1) is 8.61. The highest BCUT2D eigenvalue weighted by Gasteiger charge is 2.31. The topological polar surface area (TPSA) is 76.0 Å². The van der Waals surface area contributed by atoms with Crippen LogP contribution in [0.3, 0.4) is 0 Å². The smallest absolute Gasteiger partial charge is 0.331 e. The summed E-state index contributed by atoms with van der Waals surface area (Å²) in [5.74, 6) is -0.694. The summed E-state index contributed by atoms with van der Waals surface area (Å²) in [7, 11) is 0. The summed E-state index contributed by atoms with van der Waals surface area (Å²) in [6.45, 7) is 8.20. The summed E-state index contributed by atoms with van der Waals surface area (Å²) in [4.78, 5) is 27.6. The van der Waals surface area contributed by atoms with Crippen molar-refractivity contribution in [2.75, 3.05) is 0 Å². The number of esters is 1. The number of carbonyl (C=O) groups is 2. The Balaban J connectivity index is 2.88. The minimum atomic E-state index is -0.581. The third kappa shape index (κ3) is 4.19. The molecule has 0 saturated heterocycles. The quantitative estimate of drug-likeness (QED) is 0.484. The SMILES string of the molecule is CC(=O)/C(C1=N[C@H](C(=O)OC(C)(C)C)CC1)=C(/C)O. The molecule has 5 nitrogen and oxygen atoms in total. The van der Waals surface area contributed by atoms with Crippen molar-refractivity contribution in [3.8, 4) is 0 Å². The number of ketones is 1. The molecule has 5 heteroatoms. The van der Waals surface area contributed by atoms with Crippen LogP contribution in [-0.4, -0.2) is 34.2 Å². The zero-order chi connectivity index (χ0) is 14.8. The molecule has 0 fully saturated rings. The van der Waals surface area contributed by atoms with Crippen LogP contribution in [0.5, 0.6) is 0 Å². The molecule has 0 radical (unpaired) electrons. The Morgan fingerprint density at radius 2 is 1.89 bits per heavy atom. The third-order valence-corrected chi connectivity index (χ3v) is 2.65. The van der Waals surface area contributed by atoms with Crippen LogP contribution in [0, 0.1) is 0 Å². The van der Waals surface area contributed by atoms with Crippen molar-refractivity contribution in [2.24, 2.45) is 4.99 Å². The molecule has 0 amide bonds. The van der Waals surface area contributed by atoms with E-state index in [9.17, 15) is 14.7 Å². The van der Waals surface area contributed by atoms with Crippen LogP contribution in [-0.2, 0) is 14.3 Å². The molecular formula is C14H21NO4. The van der Waals surface area contributed by atoms with Gasteiger partial charge in [0, 0.05) is 0 Å². The minimum absolute atomic E-state index is 0.0592. The monoisotopic (exact) mass is 267 g/mol. The highest BCUT2D eigenvalue weighted by Crippen LogP contribution is 2.23. The van der Waals surface area contributed by atoms with E-state index in [1.165, 1.54) is 13.8 Å². The van der Waals surface area contributed by atoms with E-state index in [1.54, 1.807) is 20.8 Å². The number of hydrogen-bond donors (Lipinski definition) is 1. The van der Waals surface area contributed by atoms with Gasteiger partial charge < -0.3 is 9.84 Å². The predicted molar refractivity (Wildman–Crippen MR) is 72.3 cm³/mol. The van der Waals surface area contributed by atoms with E-state index in [1.807, 2.05) is 0 Å².